The third-order valence-corrected chi connectivity index (χ3v) is 5.09. The monoisotopic (exact) mass is 464 g/mol. The normalized spacial score (nSPS) is 16.7. The lowest BCUT2D eigenvalue weighted by Crippen LogP contribution is -2.46. The molecule has 34 heavy (non-hydrogen) atoms. The quantitative estimate of drug-likeness (QED) is 0.224. The number of carbonyl (C=O) groups excluding carboxylic acids is 2. The van der Waals surface area contributed by atoms with Crippen LogP contribution in [0.5, 0.6) is 0 Å². The Hall–Kier alpha value is -3.87. The van der Waals surface area contributed by atoms with E-state index in [-0.39, 0.29) is 25.3 Å². The predicted octanol–water partition coefficient (Wildman–Crippen LogP) is 3.67. The molecule has 0 radical (unpaired) electrons. The van der Waals surface area contributed by atoms with Crippen molar-refractivity contribution < 1.29 is 24.0 Å². The molecule has 0 aliphatic carbocycles. The SMILES string of the molecule is CCCC1=CC(CNc2ccccc2C(=O)N(C#N)OCc2ccccc2)(C(=O)OCC)ON1. The maximum atomic E-state index is 13.1. The fourth-order valence-electron chi connectivity index (χ4n) is 3.41. The van der Waals surface area contributed by atoms with E-state index in [4.69, 9.17) is 14.4 Å². The first-order valence-corrected chi connectivity index (χ1v) is 11.1. The highest BCUT2D eigenvalue weighted by Crippen LogP contribution is 2.26. The van der Waals surface area contributed by atoms with Crippen molar-refractivity contribution in [2.24, 2.45) is 0 Å². The molecule has 2 aromatic carbocycles. The minimum absolute atomic E-state index is 0.00771. The second-order valence-electron chi connectivity index (χ2n) is 7.59. The first kappa shape index (κ1) is 24.8. The Balaban J connectivity index is 1.76. The fourth-order valence-corrected chi connectivity index (χ4v) is 3.41. The molecule has 0 bridgehead atoms. The number of allylic oxidation sites excluding steroid dienone is 1. The van der Waals surface area contributed by atoms with Crippen molar-refractivity contribution in [2.45, 2.75) is 38.9 Å². The van der Waals surface area contributed by atoms with Crippen LogP contribution in [0.25, 0.3) is 0 Å². The van der Waals surface area contributed by atoms with Crippen molar-refractivity contribution in [1.82, 2.24) is 10.5 Å². The van der Waals surface area contributed by atoms with Crippen LogP contribution >= 0.6 is 0 Å². The molecule has 0 saturated heterocycles. The van der Waals surface area contributed by atoms with E-state index < -0.39 is 17.5 Å². The van der Waals surface area contributed by atoms with E-state index in [1.54, 1.807) is 43.5 Å². The van der Waals surface area contributed by atoms with Crippen LogP contribution in [-0.2, 0) is 25.8 Å². The summed E-state index contributed by atoms with van der Waals surface area (Å²) >= 11 is 0. The minimum atomic E-state index is -1.39. The van der Waals surface area contributed by atoms with Crippen molar-refractivity contribution in [1.29, 1.82) is 5.26 Å². The van der Waals surface area contributed by atoms with E-state index in [0.717, 1.165) is 17.7 Å². The average molecular weight is 465 g/mol. The summed E-state index contributed by atoms with van der Waals surface area (Å²) in [6.07, 6.45) is 5.07. The smallest absolute Gasteiger partial charge is 0.347 e. The zero-order valence-corrected chi connectivity index (χ0v) is 19.2. The Labute approximate surface area is 198 Å². The molecule has 1 heterocycles. The highest BCUT2D eigenvalue weighted by atomic mass is 16.7. The van der Waals surface area contributed by atoms with Crippen molar-refractivity contribution >= 4 is 17.6 Å². The summed E-state index contributed by atoms with van der Waals surface area (Å²) in [6.45, 7) is 4.01. The lowest BCUT2D eigenvalue weighted by atomic mass is 10.0. The number of para-hydroxylation sites is 1. The Kier molecular flexibility index (Phi) is 8.62. The average Bonchev–Trinajstić information content (AvgIpc) is 3.28. The number of nitrogens with one attached hydrogen (secondary N) is 2. The van der Waals surface area contributed by atoms with E-state index in [1.165, 1.54) is 0 Å². The Bertz CT molecular complexity index is 1070. The van der Waals surface area contributed by atoms with Gasteiger partial charge in [-0.2, -0.15) is 5.26 Å². The molecule has 1 aliphatic heterocycles. The number of hydrogen-bond donors (Lipinski definition) is 2. The van der Waals surface area contributed by atoms with Gasteiger partial charge in [0, 0.05) is 11.4 Å². The number of benzene rings is 2. The number of nitriles is 1. The molecule has 2 aromatic rings. The number of amides is 1. The van der Waals surface area contributed by atoms with Crippen LogP contribution in [0.4, 0.5) is 5.69 Å². The van der Waals surface area contributed by atoms with Gasteiger partial charge in [-0.15, -0.1) is 5.06 Å². The largest absolute Gasteiger partial charge is 0.463 e. The molecule has 1 unspecified atom stereocenters. The first-order valence-electron chi connectivity index (χ1n) is 11.1. The number of nitrogens with zero attached hydrogens (tertiary/aromatic N) is 2. The number of hydrogen-bond acceptors (Lipinski definition) is 8. The summed E-state index contributed by atoms with van der Waals surface area (Å²) in [5.74, 6) is -1.19. The van der Waals surface area contributed by atoms with E-state index in [1.807, 2.05) is 37.3 Å². The zero-order chi connectivity index (χ0) is 24.4. The maximum absolute atomic E-state index is 13.1. The van der Waals surface area contributed by atoms with E-state index >= 15 is 0 Å². The summed E-state index contributed by atoms with van der Waals surface area (Å²) < 4.78 is 5.22. The van der Waals surface area contributed by atoms with Crippen LogP contribution in [-0.4, -0.2) is 35.7 Å². The number of ether oxygens (including phenoxy) is 1. The van der Waals surface area contributed by atoms with Crippen LogP contribution in [0.3, 0.4) is 0 Å². The second-order valence-corrected chi connectivity index (χ2v) is 7.59. The molecule has 0 saturated carbocycles. The molecular weight excluding hydrogens is 436 g/mol. The molecule has 3 rings (SSSR count). The van der Waals surface area contributed by atoms with Crippen LogP contribution in [0, 0.1) is 11.5 Å². The van der Waals surface area contributed by atoms with Gasteiger partial charge in [-0.3, -0.25) is 19.9 Å². The molecular formula is C25H28N4O5. The summed E-state index contributed by atoms with van der Waals surface area (Å²) in [4.78, 5) is 36.9. The van der Waals surface area contributed by atoms with Gasteiger partial charge >= 0.3 is 5.97 Å². The molecule has 1 atom stereocenters. The maximum Gasteiger partial charge on any atom is 0.347 e. The zero-order valence-electron chi connectivity index (χ0n) is 19.2. The summed E-state index contributed by atoms with van der Waals surface area (Å²) in [5, 5.41) is 13.2. The number of hydroxylamine groups is 3. The Morgan fingerprint density at radius 3 is 2.59 bits per heavy atom. The third-order valence-electron chi connectivity index (χ3n) is 5.09. The lowest BCUT2D eigenvalue weighted by Gasteiger charge is -2.25. The summed E-state index contributed by atoms with van der Waals surface area (Å²) in [6, 6.07) is 15.9. The molecule has 2 N–H and O–H groups in total. The Morgan fingerprint density at radius 1 is 1.15 bits per heavy atom. The van der Waals surface area contributed by atoms with Crippen LogP contribution < -0.4 is 10.8 Å². The molecule has 0 fully saturated rings. The van der Waals surface area contributed by atoms with Crippen LogP contribution in [0.1, 0.15) is 42.6 Å². The number of rotatable bonds is 11. The van der Waals surface area contributed by atoms with Crippen molar-refractivity contribution in [3.05, 3.63) is 77.5 Å². The molecule has 178 valence electrons. The number of anilines is 1. The lowest BCUT2D eigenvalue weighted by molar-refractivity contribution is -0.167. The first-order chi connectivity index (χ1) is 16.5. The highest BCUT2D eigenvalue weighted by Gasteiger charge is 2.44. The van der Waals surface area contributed by atoms with Gasteiger partial charge in [0.05, 0.1) is 18.7 Å². The topological polar surface area (TPSA) is 113 Å². The number of esters is 1. The van der Waals surface area contributed by atoms with Gasteiger partial charge in [-0.25, -0.2) is 4.79 Å². The second kappa shape index (κ2) is 11.8. The van der Waals surface area contributed by atoms with Gasteiger partial charge in [0.2, 0.25) is 11.8 Å². The van der Waals surface area contributed by atoms with E-state index in [2.05, 4.69) is 10.8 Å². The van der Waals surface area contributed by atoms with Gasteiger partial charge in [0.1, 0.15) is 6.61 Å². The molecule has 1 amide bonds. The van der Waals surface area contributed by atoms with E-state index in [0.29, 0.717) is 17.2 Å². The Morgan fingerprint density at radius 2 is 1.88 bits per heavy atom. The molecule has 0 spiro atoms. The number of carbonyl (C=O) groups is 2. The van der Waals surface area contributed by atoms with Gasteiger partial charge in [0.25, 0.3) is 5.91 Å². The summed E-state index contributed by atoms with van der Waals surface area (Å²) in [7, 11) is 0. The minimum Gasteiger partial charge on any atom is -0.463 e. The van der Waals surface area contributed by atoms with Crippen molar-refractivity contribution in [2.75, 3.05) is 18.5 Å². The van der Waals surface area contributed by atoms with Gasteiger partial charge in [-0.05, 0) is 37.1 Å². The van der Waals surface area contributed by atoms with Gasteiger partial charge < -0.3 is 10.1 Å². The van der Waals surface area contributed by atoms with Crippen LogP contribution in [0.15, 0.2) is 66.4 Å². The molecule has 9 nitrogen and oxygen atoms in total. The van der Waals surface area contributed by atoms with Gasteiger partial charge in [0.15, 0.2) is 0 Å². The van der Waals surface area contributed by atoms with E-state index in [9.17, 15) is 14.9 Å². The summed E-state index contributed by atoms with van der Waals surface area (Å²) in [5.41, 5.74) is 3.64. The predicted molar refractivity (Wildman–Crippen MR) is 125 cm³/mol. The van der Waals surface area contributed by atoms with Crippen LogP contribution in [0.2, 0.25) is 0 Å². The molecule has 9 heteroatoms. The van der Waals surface area contributed by atoms with Gasteiger partial charge in [-0.1, -0.05) is 55.8 Å². The van der Waals surface area contributed by atoms with Crippen molar-refractivity contribution in [3.63, 3.8) is 0 Å². The third kappa shape index (κ3) is 5.92. The standard InChI is InChI=1S/C25H28N4O5/c1-3-10-20-15-25(34-28-20,24(31)32-4-2)17-27-22-14-9-8-13-21(22)23(30)29(18-26)33-16-19-11-6-5-7-12-19/h5-9,11-15,27-28H,3-4,10,16-17H2,1-2H3. The van der Waals surface area contributed by atoms with Crippen molar-refractivity contribution in [3.8, 4) is 6.19 Å². The fraction of sp³-hybridized carbons (Fsp3) is 0.320. The molecule has 1 aliphatic rings. The highest BCUT2D eigenvalue weighted by molar-refractivity contribution is 6.00. The molecule has 0 aromatic heterocycles.